The summed E-state index contributed by atoms with van der Waals surface area (Å²) in [4.78, 5) is 7.22. The van der Waals surface area contributed by atoms with Crippen molar-refractivity contribution in [3.8, 4) is 0 Å². The minimum atomic E-state index is 0. The number of nitrogens with zero attached hydrogens (tertiary/aromatic N) is 2. The van der Waals surface area contributed by atoms with Crippen LogP contribution in [0.3, 0.4) is 0 Å². The molecular weight excluding hydrogens is 451 g/mol. The van der Waals surface area contributed by atoms with Gasteiger partial charge in [-0.1, -0.05) is 24.3 Å². The quantitative estimate of drug-likeness (QED) is 0.342. The van der Waals surface area contributed by atoms with Crippen LogP contribution < -0.4 is 10.6 Å². The van der Waals surface area contributed by atoms with E-state index in [1.807, 2.05) is 12.1 Å². The molecule has 0 saturated carbocycles. The molecule has 1 fully saturated rings. The zero-order valence-corrected chi connectivity index (χ0v) is 18.4. The van der Waals surface area contributed by atoms with Gasteiger partial charge in [0.25, 0.3) is 0 Å². The molecule has 27 heavy (non-hydrogen) atoms. The van der Waals surface area contributed by atoms with Crippen LogP contribution in [0.25, 0.3) is 0 Å². The normalized spacial score (nSPS) is 14.8. The number of benzene rings is 1. The lowest BCUT2D eigenvalue weighted by Crippen LogP contribution is -2.38. The summed E-state index contributed by atoms with van der Waals surface area (Å²) in [5, 5.41) is 6.66. The molecule has 0 atom stereocenters. The molecule has 2 aromatic rings. The number of hydrogen-bond donors (Lipinski definition) is 2. The van der Waals surface area contributed by atoms with E-state index in [-0.39, 0.29) is 24.0 Å². The first-order chi connectivity index (χ1) is 12.8. The molecule has 0 spiro atoms. The highest BCUT2D eigenvalue weighted by Gasteiger charge is 2.11. The predicted molar refractivity (Wildman–Crippen MR) is 122 cm³/mol. The minimum Gasteiger partial charge on any atom is -0.469 e. The highest BCUT2D eigenvalue weighted by molar-refractivity contribution is 14.0. The fraction of sp³-hybridized carbons (Fsp3) is 0.476. The number of nitrogens with one attached hydrogen (secondary N) is 2. The summed E-state index contributed by atoms with van der Waals surface area (Å²) >= 11 is 0. The average molecular weight is 482 g/mol. The van der Waals surface area contributed by atoms with Gasteiger partial charge in [-0.15, -0.1) is 24.0 Å². The molecule has 1 aromatic carbocycles. The first-order valence-corrected chi connectivity index (χ1v) is 9.68. The molecule has 0 bridgehead atoms. The van der Waals surface area contributed by atoms with Gasteiger partial charge in [0.2, 0.25) is 0 Å². The van der Waals surface area contributed by atoms with Gasteiger partial charge < -0.3 is 15.1 Å². The van der Waals surface area contributed by atoms with Crippen molar-refractivity contribution in [2.75, 3.05) is 26.2 Å². The second kappa shape index (κ2) is 12.0. The van der Waals surface area contributed by atoms with Crippen LogP contribution in [0, 0.1) is 0 Å². The van der Waals surface area contributed by atoms with Gasteiger partial charge in [-0.25, -0.2) is 4.99 Å². The van der Waals surface area contributed by atoms with Crippen molar-refractivity contribution in [3.05, 3.63) is 59.5 Å². The Labute approximate surface area is 179 Å². The monoisotopic (exact) mass is 482 g/mol. The summed E-state index contributed by atoms with van der Waals surface area (Å²) in [7, 11) is 0. The van der Waals surface area contributed by atoms with Crippen molar-refractivity contribution in [2.45, 2.75) is 39.3 Å². The topological polar surface area (TPSA) is 52.8 Å². The summed E-state index contributed by atoms with van der Waals surface area (Å²) in [5.41, 5.74) is 2.63. The van der Waals surface area contributed by atoms with Gasteiger partial charge in [0.05, 0.1) is 12.8 Å². The van der Waals surface area contributed by atoms with Crippen molar-refractivity contribution in [1.82, 2.24) is 15.5 Å². The standard InChI is InChI=1S/C21H30N4O.HI/c1-2-22-21(23-12-11-20-6-5-15-26-20)24-16-18-7-9-19(10-8-18)17-25-13-3-4-14-25;/h5-10,15H,2-4,11-14,16-17H2,1H3,(H2,22,23,24);1H. The maximum Gasteiger partial charge on any atom is 0.191 e. The summed E-state index contributed by atoms with van der Waals surface area (Å²) in [6, 6.07) is 12.8. The van der Waals surface area contributed by atoms with Gasteiger partial charge >= 0.3 is 0 Å². The van der Waals surface area contributed by atoms with Gasteiger partial charge in [0.1, 0.15) is 5.76 Å². The first-order valence-electron chi connectivity index (χ1n) is 9.68. The second-order valence-electron chi connectivity index (χ2n) is 6.75. The number of halogens is 1. The lowest BCUT2D eigenvalue weighted by molar-refractivity contribution is 0.331. The molecule has 5 nitrogen and oxygen atoms in total. The third kappa shape index (κ3) is 7.54. The molecule has 1 aliphatic rings. The largest absolute Gasteiger partial charge is 0.469 e. The highest BCUT2D eigenvalue weighted by Crippen LogP contribution is 2.13. The zero-order chi connectivity index (χ0) is 18.0. The molecule has 1 saturated heterocycles. The van der Waals surface area contributed by atoms with Crippen LogP contribution in [-0.4, -0.2) is 37.0 Å². The van der Waals surface area contributed by atoms with Crippen molar-refractivity contribution < 1.29 is 4.42 Å². The van der Waals surface area contributed by atoms with Crippen LogP contribution in [0.1, 0.15) is 36.7 Å². The molecule has 148 valence electrons. The molecule has 1 aliphatic heterocycles. The lowest BCUT2D eigenvalue weighted by Gasteiger charge is -2.14. The number of likely N-dealkylation sites (tertiary alicyclic amines) is 1. The molecular formula is C21H31IN4O. The van der Waals surface area contributed by atoms with E-state index < -0.39 is 0 Å². The summed E-state index contributed by atoms with van der Waals surface area (Å²) in [6.45, 7) is 7.95. The minimum absolute atomic E-state index is 0. The van der Waals surface area contributed by atoms with E-state index in [9.17, 15) is 0 Å². The van der Waals surface area contributed by atoms with Gasteiger partial charge in [-0.3, -0.25) is 4.90 Å². The Bertz CT molecular complexity index is 664. The number of furan rings is 1. The third-order valence-electron chi connectivity index (χ3n) is 4.64. The average Bonchev–Trinajstić information content (AvgIpc) is 3.35. The fourth-order valence-electron chi connectivity index (χ4n) is 3.22. The molecule has 2 N–H and O–H groups in total. The molecule has 2 heterocycles. The number of aliphatic imine (C=N–C) groups is 1. The summed E-state index contributed by atoms with van der Waals surface area (Å²) in [6.07, 6.45) is 5.24. The van der Waals surface area contributed by atoms with Crippen LogP contribution in [0.5, 0.6) is 0 Å². The summed E-state index contributed by atoms with van der Waals surface area (Å²) < 4.78 is 5.36. The fourth-order valence-corrected chi connectivity index (χ4v) is 3.22. The van der Waals surface area contributed by atoms with Gasteiger partial charge in [-0.05, 0) is 56.1 Å². The van der Waals surface area contributed by atoms with Gasteiger partial charge in [0.15, 0.2) is 5.96 Å². The Morgan fingerprint density at radius 1 is 1.07 bits per heavy atom. The Hall–Kier alpha value is -1.54. The molecule has 3 rings (SSSR count). The third-order valence-corrected chi connectivity index (χ3v) is 4.64. The van der Waals surface area contributed by atoms with Crippen molar-refractivity contribution in [1.29, 1.82) is 0 Å². The molecule has 6 heteroatoms. The van der Waals surface area contributed by atoms with Crippen LogP contribution in [0.2, 0.25) is 0 Å². The van der Waals surface area contributed by atoms with Crippen molar-refractivity contribution >= 4 is 29.9 Å². The maximum atomic E-state index is 5.36. The van der Waals surface area contributed by atoms with Crippen molar-refractivity contribution in [2.24, 2.45) is 4.99 Å². The Morgan fingerprint density at radius 3 is 2.48 bits per heavy atom. The predicted octanol–water partition coefficient (Wildman–Crippen LogP) is 3.79. The molecule has 0 radical (unpaired) electrons. The van der Waals surface area contributed by atoms with Crippen LogP contribution in [0.4, 0.5) is 0 Å². The SMILES string of the molecule is CCNC(=NCc1ccc(CN2CCCC2)cc1)NCCc1ccco1.I. The molecule has 0 aliphatic carbocycles. The van der Waals surface area contributed by atoms with E-state index >= 15 is 0 Å². The van der Waals surface area contributed by atoms with Crippen LogP contribution in [-0.2, 0) is 19.5 Å². The van der Waals surface area contributed by atoms with E-state index in [1.54, 1.807) is 6.26 Å². The zero-order valence-electron chi connectivity index (χ0n) is 16.1. The van der Waals surface area contributed by atoms with Gasteiger partial charge in [0, 0.05) is 26.1 Å². The smallest absolute Gasteiger partial charge is 0.191 e. The molecule has 0 amide bonds. The highest BCUT2D eigenvalue weighted by atomic mass is 127. The summed E-state index contributed by atoms with van der Waals surface area (Å²) in [5.74, 6) is 1.84. The number of rotatable bonds is 8. The van der Waals surface area contributed by atoms with Crippen molar-refractivity contribution in [3.63, 3.8) is 0 Å². The van der Waals surface area contributed by atoms with E-state index in [1.165, 1.54) is 37.1 Å². The maximum absolute atomic E-state index is 5.36. The molecule has 0 unspecified atom stereocenters. The number of hydrogen-bond acceptors (Lipinski definition) is 3. The van der Waals surface area contributed by atoms with Crippen LogP contribution in [0.15, 0.2) is 52.1 Å². The van der Waals surface area contributed by atoms with E-state index in [2.05, 4.69) is 51.7 Å². The van der Waals surface area contributed by atoms with Gasteiger partial charge in [-0.2, -0.15) is 0 Å². The number of guanidine groups is 1. The Kier molecular flexibility index (Phi) is 9.69. The van der Waals surface area contributed by atoms with E-state index in [0.29, 0.717) is 6.54 Å². The van der Waals surface area contributed by atoms with E-state index in [0.717, 1.165) is 37.8 Å². The van der Waals surface area contributed by atoms with E-state index in [4.69, 9.17) is 4.42 Å². The first kappa shape index (κ1) is 21.8. The second-order valence-corrected chi connectivity index (χ2v) is 6.75. The van der Waals surface area contributed by atoms with Crippen LogP contribution >= 0.6 is 24.0 Å². The Morgan fingerprint density at radius 2 is 1.81 bits per heavy atom. The Balaban J connectivity index is 0.00000261. The molecule has 1 aromatic heterocycles. The lowest BCUT2D eigenvalue weighted by atomic mass is 10.1.